The molecule has 0 aliphatic rings. The number of nitrogens with two attached hydrogens (primary N) is 1. The Morgan fingerprint density at radius 2 is 2.17 bits per heavy atom. The summed E-state index contributed by atoms with van der Waals surface area (Å²) in [5.74, 6) is -0.201. The Morgan fingerprint density at radius 3 is 2.78 bits per heavy atom. The Kier molecular flexibility index (Phi) is 3.23. The van der Waals surface area contributed by atoms with Crippen LogP contribution in [0, 0.1) is 6.92 Å². The van der Waals surface area contributed by atoms with Crippen molar-refractivity contribution < 1.29 is 4.79 Å². The van der Waals surface area contributed by atoms with Gasteiger partial charge in [-0.1, -0.05) is 0 Å². The molecule has 0 atom stereocenters. The molecule has 2 heterocycles. The third-order valence-corrected chi connectivity index (χ3v) is 2.64. The Morgan fingerprint density at radius 1 is 1.39 bits per heavy atom. The summed E-state index contributed by atoms with van der Waals surface area (Å²) in [4.78, 5) is 21.8. The van der Waals surface area contributed by atoms with Crippen LogP contribution in [0.2, 0.25) is 0 Å². The van der Waals surface area contributed by atoms with Crippen LogP contribution in [0.1, 0.15) is 16.1 Å². The average Bonchev–Trinajstić information content (AvgIpc) is 2.38. The second kappa shape index (κ2) is 4.83. The third kappa shape index (κ3) is 2.29. The molecule has 0 spiro atoms. The number of aryl methyl sites for hydroxylation is 1. The SMILES string of the molecule is Cc1cc(N)c(C(=O)N(C)c2cccnc2)cn1. The molecule has 0 saturated carbocycles. The summed E-state index contributed by atoms with van der Waals surface area (Å²) in [7, 11) is 1.68. The number of anilines is 2. The first-order valence-electron chi connectivity index (χ1n) is 5.50. The Balaban J connectivity index is 2.32. The molecule has 0 unspecified atom stereocenters. The lowest BCUT2D eigenvalue weighted by atomic mass is 10.2. The highest BCUT2D eigenvalue weighted by Gasteiger charge is 2.16. The van der Waals surface area contributed by atoms with Crippen LogP contribution in [0.25, 0.3) is 0 Å². The van der Waals surface area contributed by atoms with Crippen molar-refractivity contribution in [1.82, 2.24) is 9.97 Å². The van der Waals surface area contributed by atoms with Gasteiger partial charge in [0, 0.05) is 30.8 Å². The van der Waals surface area contributed by atoms with Gasteiger partial charge in [-0.2, -0.15) is 0 Å². The zero-order valence-electron chi connectivity index (χ0n) is 10.3. The van der Waals surface area contributed by atoms with Crippen LogP contribution in [0.4, 0.5) is 11.4 Å². The van der Waals surface area contributed by atoms with E-state index in [1.807, 2.05) is 13.0 Å². The van der Waals surface area contributed by atoms with Crippen molar-refractivity contribution in [1.29, 1.82) is 0 Å². The van der Waals surface area contributed by atoms with E-state index in [4.69, 9.17) is 5.73 Å². The van der Waals surface area contributed by atoms with Gasteiger partial charge >= 0.3 is 0 Å². The fourth-order valence-electron chi connectivity index (χ4n) is 1.61. The molecule has 5 nitrogen and oxygen atoms in total. The first kappa shape index (κ1) is 12.0. The molecule has 0 radical (unpaired) electrons. The summed E-state index contributed by atoms with van der Waals surface area (Å²) in [6, 6.07) is 5.27. The Bertz CT molecular complexity index is 568. The summed E-state index contributed by atoms with van der Waals surface area (Å²) in [5, 5.41) is 0. The fourth-order valence-corrected chi connectivity index (χ4v) is 1.61. The minimum absolute atomic E-state index is 0.201. The minimum atomic E-state index is -0.201. The van der Waals surface area contributed by atoms with Gasteiger partial charge < -0.3 is 10.6 Å². The van der Waals surface area contributed by atoms with E-state index in [0.717, 1.165) is 5.69 Å². The van der Waals surface area contributed by atoms with Gasteiger partial charge in [0.25, 0.3) is 5.91 Å². The summed E-state index contributed by atoms with van der Waals surface area (Å²) in [5.41, 5.74) is 8.16. The van der Waals surface area contributed by atoms with Gasteiger partial charge in [0.15, 0.2) is 0 Å². The Hall–Kier alpha value is -2.43. The van der Waals surface area contributed by atoms with Gasteiger partial charge in [0.05, 0.1) is 17.4 Å². The van der Waals surface area contributed by atoms with E-state index in [0.29, 0.717) is 16.9 Å². The van der Waals surface area contributed by atoms with Crippen molar-refractivity contribution in [3.05, 3.63) is 48.0 Å². The van der Waals surface area contributed by atoms with Crippen LogP contribution in [0.3, 0.4) is 0 Å². The average molecular weight is 242 g/mol. The predicted molar refractivity (Wildman–Crippen MR) is 70.4 cm³/mol. The molecule has 2 aromatic heterocycles. The highest BCUT2D eigenvalue weighted by Crippen LogP contribution is 2.17. The largest absolute Gasteiger partial charge is 0.398 e. The van der Waals surface area contributed by atoms with Crippen LogP contribution in [-0.4, -0.2) is 22.9 Å². The molecule has 5 heteroatoms. The van der Waals surface area contributed by atoms with Crippen molar-refractivity contribution in [3.8, 4) is 0 Å². The lowest BCUT2D eigenvalue weighted by Crippen LogP contribution is -2.27. The number of hydrogen-bond donors (Lipinski definition) is 1. The topological polar surface area (TPSA) is 72.1 Å². The van der Waals surface area contributed by atoms with Gasteiger partial charge in [-0.15, -0.1) is 0 Å². The molecule has 0 aliphatic carbocycles. The van der Waals surface area contributed by atoms with Crippen molar-refractivity contribution >= 4 is 17.3 Å². The standard InChI is InChI=1S/C13H14N4O/c1-9-6-12(14)11(8-16-9)13(18)17(2)10-4-3-5-15-7-10/h3-8H,1-2H3,(H2,14,16). The van der Waals surface area contributed by atoms with E-state index in [9.17, 15) is 4.79 Å². The van der Waals surface area contributed by atoms with E-state index < -0.39 is 0 Å². The highest BCUT2D eigenvalue weighted by atomic mass is 16.2. The van der Waals surface area contributed by atoms with Gasteiger partial charge in [0.2, 0.25) is 0 Å². The predicted octanol–water partition coefficient (Wildman–Crippen LogP) is 1.64. The molecule has 2 rings (SSSR count). The van der Waals surface area contributed by atoms with Crippen LogP contribution in [-0.2, 0) is 0 Å². The maximum atomic E-state index is 12.3. The number of amides is 1. The second-order valence-electron chi connectivity index (χ2n) is 3.99. The molecular weight excluding hydrogens is 228 g/mol. The number of carbonyl (C=O) groups excluding carboxylic acids is 1. The maximum Gasteiger partial charge on any atom is 0.261 e. The molecular formula is C13H14N4O. The number of aromatic nitrogens is 2. The number of nitrogen functional groups attached to an aromatic ring is 1. The second-order valence-corrected chi connectivity index (χ2v) is 3.99. The minimum Gasteiger partial charge on any atom is -0.398 e. The van der Waals surface area contributed by atoms with E-state index in [1.54, 1.807) is 31.6 Å². The number of pyridine rings is 2. The summed E-state index contributed by atoms with van der Waals surface area (Å²) in [6.07, 6.45) is 4.78. The van der Waals surface area contributed by atoms with Crippen LogP contribution in [0.5, 0.6) is 0 Å². The Labute approximate surface area is 105 Å². The molecule has 1 amide bonds. The van der Waals surface area contributed by atoms with Gasteiger partial charge in [-0.05, 0) is 25.1 Å². The number of nitrogens with zero attached hydrogens (tertiary/aromatic N) is 3. The van der Waals surface area contributed by atoms with Gasteiger partial charge in [-0.25, -0.2) is 0 Å². The number of carbonyl (C=O) groups is 1. The lowest BCUT2D eigenvalue weighted by Gasteiger charge is -2.17. The van der Waals surface area contributed by atoms with E-state index >= 15 is 0 Å². The summed E-state index contributed by atoms with van der Waals surface area (Å²) >= 11 is 0. The quantitative estimate of drug-likeness (QED) is 0.869. The van der Waals surface area contributed by atoms with Crippen molar-refractivity contribution in [2.75, 3.05) is 17.7 Å². The van der Waals surface area contributed by atoms with Crippen LogP contribution in [0.15, 0.2) is 36.8 Å². The molecule has 0 bridgehead atoms. The summed E-state index contributed by atoms with van der Waals surface area (Å²) < 4.78 is 0. The van der Waals surface area contributed by atoms with E-state index in [2.05, 4.69) is 9.97 Å². The smallest absolute Gasteiger partial charge is 0.261 e. The zero-order chi connectivity index (χ0) is 13.1. The molecule has 92 valence electrons. The van der Waals surface area contributed by atoms with Gasteiger partial charge in [-0.3, -0.25) is 14.8 Å². The van der Waals surface area contributed by atoms with Crippen molar-refractivity contribution in [2.45, 2.75) is 6.92 Å². The number of hydrogen-bond acceptors (Lipinski definition) is 4. The molecule has 0 aliphatic heterocycles. The lowest BCUT2D eigenvalue weighted by molar-refractivity contribution is 0.0993. The van der Waals surface area contributed by atoms with Crippen LogP contribution >= 0.6 is 0 Å². The first-order chi connectivity index (χ1) is 8.59. The summed E-state index contributed by atoms with van der Waals surface area (Å²) in [6.45, 7) is 1.83. The molecule has 2 N–H and O–H groups in total. The molecule has 0 fully saturated rings. The maximum absolute atomic E-state index is 12.3. The molecule has 18 heavy (non-hydrogen) atoms. The fraction of sp³-hybridized carbons (Fsp3) is 0.154. The third-order valence-electron chi connectivity index (χ3n) is 2.64. The zero-order valence-corrected chi connectivity index (χ0v) is 10.3. The first-order valence-corrected chi connectivity index (χ1v) is 5.50. The van der Waals surface area contributed by atoms with Crippen LogP contribution < -0.4 is 10.6 Å². The van der Waals surface area contributed by atoms with Gasteiger partial charge in [0.1, 0.15) is 0 Å². The van der Waals surface area contributed by atoms with Crippen molar-refractivity contribution in [2.24, 2.45) is 0 Å². The van der Waals surface area contributed by atoms with E-state index in [-0.39, 0.29) is 5.91 Å². The highest BCUT2D eigenvalue weighted by molar-refractivity contribution is 6.08. The van der Waals surface area contributed by atoms with E-state index in [1.165, 1.54) is 11.1 Å². The normalized spacial score (nSPS) is 10.1. The number of rotatable bonds is 2. The monoisotopic (exact) mass is 242 g/mol. The molecule has 0 aromatic carbocycles. The van der Waals surface area contributed by atoms with Crippen molar-refractivity contribution in [3.63, 3.8) is 0 Å². The molecule has 0 saturated heterocycles. The molecule has 2 aromatic rings.